The van der Waals surface area contributed by atoms with Crippen molar-refractivity contribution in [3.63, 3.8) is 0 Å². The molecular formula is C10H22N2S. The van der Waals surface area contributed by atoms with Gasteiger partial charge in [0.15, 0.2) is 0 Å². The predicted octanol–water partition coefficient (Wildman–Crippen LogP) is 1.23. The zero-order chi connectivity index (χ0) is 9.84. The minimum atomic E-state index is 0.567. The van der Waals surface area contributed by atoms with Crippen LogP contribution in [-0.2, 0) is 0 Å². The molecule has 2 unspecified atom stereocenters. The van der Waals surface area contributed by atoms with Crippen LogP contribution in [0, 0.1) is 5.92 Å². The number of rotatable bonds is 4. The topological polar surface area (TPSA) is 15.3 Å². The molecule has 78 valence electrons. The van der Waals surface area contributed by atoms with Crippen LogP contribution in [-0.4, -0.2) is 42.9 Å². The number of nitrogens with zero attached hydrogens (tertiary/aromatic N) is 1. The van der Waals surface area contributed by atoms with E-state index in [-0.39, 0.29) is 0 Å². The van der Waals surface area contributed by atoms with Gasteiger partial charge in [0.1, 0.15) is 0 Å². The van der Waals surface area contributed by atoms with Crippen LogP contribution < -0.4 is 5.32 Å². The Morgan fingerprint density at radius 2 is 2.23 bits per heavy atom. The van der Waals surface area contributed by atoms with Crippen LogP contribution >= 0.6 is 12.6 Å². The minimum absolute atomic E-state index is 0.567. The van der Waals surface area contributed by atoms with Crippen LogP contribution in [0.15, 0.2) is 0 Å². The highest BCUT2D eigenvalue weighted by molar-refractivity contribution is 7.81. The van der Waals surface area contributed by atoms with Gasteiger partial charge >= 0.3 is 0 Å². The Morgan fingerprint density at radius 1 is 1.54 bits per heavy atom. The highest BCUT2D eigenvalue weighted by atomic mass is 32.1. The molecule has 0 radical (unpaired) electrons. The molecule has 13 heavy (non-hydrogen) atoms. The third-order valence-electron chi connectivity index (χ3n) is 2.41. The first-order valence-electron chi connectivity index (χ1n) is 5.18. The van der Waals surface area contributed by atoms with Crippen molar-refractivity contribution in [3.05, 3.63) is 0 Å². The van der Waals surface area contributed by atoms with Gasteiger partial charge in [0.05, 0.1) is 0 Å². The predicted molar refractivity (Wildman–Crippen MR) is 61.5 cm³/mol. The second-order valence-corrected chi connectivity index (χ2v) is 5.34. The zero-order valence-corrected chi connectivity index (χ0v) is 9.85. The van der Waals surface area contributed by atoms with Crippen molar-refractivity contribution >= 4 is 12.6 Å². The lowest BCUT2D eigenvalue weighted by Gasteiger charge is -2.22. The van der Waals surface area contributed by atoms with Crippen molar-refractivity contribution in [2.45, 2.75) is 31.6 Å². The summed E-state index contributed by atoms with van der Waals surface area (Å²) in [6.45, 7) is 7.95. The molecule has 0 aromatic heterocycles. The molecule has 2 nitrogen and oxygen atoms in total. The molecule has 0 bridgehead atoms. The van der Waals surface area contributed by atoms with Gasteiger partial charge in [0.2, 0.25) is 0 Å². The molecule has 0 amide bonds. The first-order chi connectivity index (χ1) is 6.08. The number of nitrogens with one attached hydrogen (secondary N) is 1. The van der Waals surface area contributed by atoms with Gasteiger partial charge in [-0.25, -0.2) is 0 Å². The van der Waals surface area contributed by atoms with Crippen molar-refractivity contribution in [1.29, 1.82) is 0 Å². The van der Waals surface area contributed by atoms with Crippen LogP contribution in [0.1, 0.15) is 20.3 Å². The van der Waals surface area contributed by atoms with Crippen molar-refractivity contribution in [2.75, 3.05) is 26.7 Å². The van der Waals surface area contributed by atoms with Crippen LogP contribution in [0.25, 0.3) is 0 Å². The molecule has 1 rings (SSSR count). The second kappa shape index (κ2) is 5.23. The van der Waals surface area contributed by atoms with E-state index in [1.165, 1.54) is 13.0 Å². The van der Waals surface area contributed by atoms with E-state index in [1.54, 1.807) is 0 Å². The van der Waals surface area contributed by atoms with E-state index in [0.717, 1.165) is 19.0 Å². The summed E-state index contributed by atoms with van der Waals surface area (Å²) in [6, 6.07) is 0.659. The van der Waals surface area contributed by atoms with Crippen molar-refractivity contribution < 1.29 is 0 Å². The number of thiol groups is 1. The maximum absolute atomic E-state index is 4.46. The summed E-state index contributed by atoms with van der Waals surface area (Å²) in [7, 11) is 2.20. The molecule has 1 saturated heterocycles. The maximum atomic E-state index is 4.46. The molecule has 0 aromatic rings. The standard InChI is InChI=1S/C10H22N2S/c1-8(2)6-12(3)7-9-4-10(13)5-11-9/h8-11,13H,4-7H2,1-3H3. The van der Waals surface area contributed by atoms with Crippen molar-refractivity contribution in [2.24, 2.45) is 5.92 Å². The molecule has 1 aliphatic rings. The van der Waals surface area contributed by atoms with E-state index < -0.39 is 0 Å². The number of hydrogen-bond acceptors (Lipinski definition) is 3. The van der Waals surface area contributed by atoms with E-state index in [0.29, 0.717) is 11.3 Å². The van der Waals surface area contributed by atoms with Gasteiger partial charge in [0.25, 0.3) is 0 Å². The first kappa shape index (κ1) is 11.3. The molecule has 0 aromatic carbocycles. The third kappa shape index (κ3) is 4.34. The van der Waals surface area contributed by atoms with Crippen LogP contribution in [0.5, 0.6) is 0 Å². The summed E-state index contributed by atoms with van der Waals surface area (Å²) < 4.78 is 0. The first-order valence-corrected chi connectivity index (χ1v) is 5.69. The normalized spacial score (nSPS) is 29.1. The van der Waals surface area contributed by atoms with E-state index in [1.807, 2.05) is 0 Å². The second-order valence-electron chi connectivity index (χ2n) is 4.61. The van der Waals surface area contributed by atoms with E-state index >= 15 is 0 Å². The van der Waals surface area contributed by atoms with Gasteiger partial charge in [-0.3, -0.25) is 0 Å². The van der Waals surface area contributed by atoms with Gasteiger partial charge in [-0.1, -0.05) is 13.8 Å². The fraction of sp³-hybridized carbons (Fsp3) is 1.00. The lowest BCUT2D eigenvalue weighted by Crippen LogP contribution is -2.36. The summed E-state index contributed by atoms with van der Waals surface area (Å²) >= 11 is 4.46. The van der Waals surface area contributed by atoms with E-state index in [9.17, 15) is 0 Å². The van der Waals surface area contributed by atoms with Crippen molar-refractivity contribution in [3.8, 4) is 0 Å². The molecule has 0 spiro atoms. The molecular weight excluding hydrogens is 180 g/mol. The van der Waals surface area contributed by atoms with Crippen LogP contribution in [0.4, 0.5) is 0 Å². The summed E-state index contributed by atoms with van der Waals surface area (Å²) in [5.74, 6) is 0.762. The van der Waals surface area contributed by atoms with Gasteiger partial charge in [-0.15, -0.1) is 0 Å². The van der Waals surface area contributed by atoms with Crippen LogP contribution in [0.3, 0.4) is 0 Å². The molecule has 0 aliphatic carbocycles. The molecule has 1 N–H and O–H groups in total. The largest absolute Gasteiger partial charge is 0.312 e. The Morgan fingerprint density at radius 3 is 2.69 bits per heavy atom. The van der Waals surface area contributed by atoms with Crippen molar-refractivity contribution in [1.82, 2.24) is 10.2 Å². The van der Waals surface area contributed by atoms with Crippen LogP contribution in [0.2, 0.25) is 0 Å². The molecule has 0 saturated carbocycles. The summed E-state index contributed by atoms with van der Waals surface area (Å²) in [5.41, 5.74) is 0. The molecule has 3 heteroatoms. The van der Waals surface area contributed by atoms with Gasteiger partial charge < -0.3 is 10.2 Å². The Balaban J connectivity index is 2.16. The number of likely N-dealkylation sites (N-methyl/N-ethyl adjacent to an activating group) is 1. The SMILES string of the molecule is CC(C)CN(C)CC1CC(S)CN1. The quantitative estimate of drug-likeness (QED) is 0.667. The molecule has 1 fully saturated rings. The summed E-state index contributed by atoms with van der Waals surface area (Å²) in [6.07, 6.45) is 1.21. The highest BCUT2D eigenvalue weighted by Gasteiger charge is 2.22. The van der Waals surface area contributed by atoms with Gasteiger partial charge in [-0.2, -0.15) is 12.6 Å². The minimum Gasteiger partial charge on any atom is -0.312 e. The van der Waals surface area contributed by atoms with E-state index in [4.69, 9.17) is 0 Å². The smallest absolute Gasteiger partial charge is 0.0206 e. The highest BCUT2D eigenvalue weighted by Crippen LogP contribution is 2.12. The molecule has 1 heterocycles. The Kier molecular flexibility index (Phi) is 4.56. The van der Waals surface area contributed by atoms with E-state index in [2.05, 4.69) is 43.7 Å². The fourth-order valence-electron chi connectivity index (χ4n) is 2.01. The Labute approximate surface area is 87.5 Å². The average Bonchev–Trinajstić information content (AvgIpc) is 2.33. The fourth-order valence-corrected chi connectivity index (χ4v) is 2.37. The third-order valence-corrected chi connectivity index (χ3v) is 2.80. The lowest BCUT2D eigenvalue weighted by molar-refractivity contribution is 0.270. The average molecular weight is 202 g/mol. The monoisotopic (exact) mass is 202 g/mol. The molecule has 2 atom stereocenters. The maximum Gasteiger partial charge on any atom is 0.0206 e. The Hall–Kier alpha value is 0.270. The summed E-state index contributed by atoms with van der Waals surface area (Å²) in [5, 5.41) is 4.06. The zero-order valence-electron chi connectivity index (χ0n) is 8.95. The number of hydrogen-bond donors (Lipinski definition) is 2. The molecule has 1 aliphatic heterocycles. The lowest BCUT2D eigenvalue weighted by atomic mass is 10.2. The van der Waals surface area contributed by atoms with Gasteiger partial charge in [0, 0.05) is 30.9 Å². The summed E-state index contributed by atoms with van der Waals surface area (Å²) in [4.78, 5) is 2.41. The Bertz CT molecular complexity index is 150. The van der Waals surface area contributed by atoms with Gasteiger partial charge in [-0.05, 0) is 19.4 Å².